The van der Waals surface area contributed by atoms with Gasteiger partial charge in [-0.25, -0.2) is 0 Å². The summed E-state index contributed by atoms with van der Waals surface area (Å²) in [6.07, 6.45) is 0. The Morgan fingerprint density at radius 2 is 1.58 bits per heavy atom. The number of amides is 1. The molecule has 3 rings (SSSR count). The minimum atomic E-state index is -0.693. The molecule has 0 spiro atoms. The van der Waals surface area contributed by atoms with Crippen LogP contribution in [0.15, 0.2) is 71.1 Å². The van der Waals surface area contributed by atoms with Gasteiger partial charge in [-0.2, -0.15) is 0 Å². The molecule has 2 N–H and O–H groups in total. The number of para-hydroxylation sites is 3. The fourth-order valence-electron chi connectivity index (χ4n) is 2.11. The predicted molar refractivity (Wildman–Crippen MR) is 89.5 cm³/mol. The zero-order valence-electron chi connectivity index (χ0n) is 12.4. The van der Waals surface area contributed by atoms with E-state index >= 15 is 0 Å². The largest absolute Gasteiger partial charge is 0.433 e. The van der Waals surface area contributed by atoms with E-state index in [0.717, 1.165) is 11.8 Å². The van der Waals surface area contributed by atoms with Gasteiger partial charge in [-0.05, 0) is 30.3 Å². The first kappa shape index (κ1) is 15.3. The number of anilines is 3. The van der Waals surface area contributed by atoms with E-state index in [0.29, 0.717) is 11.4 Å². The van der Waals surface area contributed by atoms with Crippen LogP contribution in [0.1, 0.15) is 10.6 Å². The average Bonchev–Trinajstić information content (AvgIpc) is 3.08. The van der Waals surface area contributed by atoms with Gasteiger partial charge in [0.05, 0.1) is 17.4 Å². The molecule has 1 heterocycles. The van der Waals surface area contributed by atoms with Crippen molar-refractivity contribution in [3.63, 3.8) is 0 Å². The van der Waals surface area contributed by atoms with E-state index in [2.05, 4.69) is 10.6 Å². The minimum Gasteiger partial charge on any atom is -0.395 e. The molecule has 0 aliphatic rings. The maximum absolute atomic E-state index is 12.2. The van der Waals surface area contributed by atoms with E-state index in [1.807, 2.05) is 42.5 Å². The molecule has 24 heavy (non-hydrogen) atoms. The Bertz CT molecular complexity index is 874. The molecule has 0 aliphatic carbocycles. The lowest BCUT2D eigenvalue weighted by atomic mass is 10.2. The summed E-state index contributed by atoms with van der Waals surface area (Å²) in [5.41, 5.74) is 2.09. The summed E-state index contributed by atoms with van der Waals surface area (Å²) in [4.78, 5) is 22.1. The van der Waals surface area contributed by atoms with Crippen molar-refractivity contribution in [1.29, 1.82) is 0 Å². The zero-order chi connectivity index (χ0) is 16.9. The lowest BCUT2D eigenvalue weighted by Crippen LogP contribution is -2.12. The van der Waals surface area contributed by atoms with Crippen molar-refractivity contribution in [3.05, 3.63) is 82.6 Å². The molecule has 0 saturated heterocycles. The number of nitro groups is 1. The molecule has 0 saturated carbocycles. The van der Waals surface area contributed by atoms with Crippen LogP contribution in [0.5, 0.6) is 0 Å². The van der Waals surface area contributed by atoms with Gasteiger partial charge in [0.25, 0.3) is 5.91 Å². The molecule has 0 radical (unpaired) electrons. The van der Waals surface area contributed by atoms with Crippen LogP contribution in [0.25, 0.3) is 0 Å². The molecule has 3 aromatic rings. The number of hydrogen-bond donors (Lipinski definition) is 2. The Hall–Kier alpha value is -3.61. The van der Waals surface area contributed by atoms with Gasteiger partial charge in [-0.15, -0.1) is 0 Å². The maximum Gasteiger partial charge on any atom is 0.433 e. The fourth-order valence-corrected chi connectivity index (χ4v) is 2.11. The van der Waals surface area contributed by atoms with Crippen LogP contribution in [0.4, 0.5) is 22.9 Å². The van der Waals surface area contributed by atoms with Crippen LogP contribution in [-0.4, -0.2) is 10.8 Å². The van der Waals surface area contributed by atoms with Crippen LogP contribution in [0.3, 0.4) is 0 Å². The lowest BCUT2D eigenvalue weighted by molar-refractivity contribution is -0.402. The predicted octanol–water partition coefficient (Wildman–Crippen LogP) is 4.18. The van der Waals surface area contributed by atoms with Crippen LogP contribution >= 0.6 is 0 Å². The molecule has 0 bridgehead atoms. The Balaban J connectivity index is 1.79. The third kappa shape index (κ3) is 3.41. The first-order valence-corrected chi connectivity index (χ1v) is 7.10. The molecule has 1 aromatic heterocycles. The number of furan rings is 1. The summed E-state index contributed by atoms with van der Waals surface area (Å²) in [6.45, 7) is 0. The Morgan fingerprint density at radius 3 is 2.25 bits per heavy atom. The molecular formula is C17H13N3O4. The van der Waals surface area contributed by atoms with Crippen LogP contribution < -0.4 is 10.6 Å². The molecule has 0 atom stereocenters. The van der Waals surface area contributed by atoms with Gasteiger partial charge in [0.2, 0.25) is 0 Å². The Labute approximate surface area is 137 Å². The summed E-state index contributed by atoms with van der Waals surface area (Å²) >= 11 is 0. The van der Waals surface area contributed by atoms with Crippen molar-refractivity contribution in [2.75, 3.05) is 10.6 Å². The second-order valence-corrected chi connectivity index (χ2v) is 4.89. The minimum absolute atomic E-state index is 0.129. The highest BCUT2D eigenvalue weighted by atomic mass is 16.6. The second-order valence-electron chi connectivity index (χ2n) is 4.89. The number of hydrogen-bond acceptors (Lipinski definition) is 5. The average molecular weight is 323 g/mol. The van der Waals surface area contributed by atoms with Crippen molar-refractivity contribution in [2.45, 2.75) is 0 Å². The second kappa shape index (κ2) is 6.66. The van der Waals surface area contributed by atoms with Gasteiger partial charge in [0.1, 0.15) is 4.92 Å². The number of rotatable bonds is 5. The van der Waals surface area contributed by atoms with Crippen LogP contribution in [0, 0.1) is 10.1 Å². The van der Waals surface area contributed by atoms with Gasteiger partial charge >= 0.3 is 5.88 Å². The molecule has 1 amide bonds. The number of carbonyl (C=O) groups is 1. The maximum atomic E-state index is 12.2. The molecule has 0 fully saturated rings. The molecule has 2 aromatic carbocycles. The summed E-state index contributed by atoms with van der Waals surface area (Å²) in [6, 6.07) is 19.0. The van der Waals surface area contributed by atoms with Crippen molar-refractivity contribution in [3.8, 4) is 0 Å². The number of nitrogens with zero attached hydrogens (tertiary/aromatic N) is 1. The van der Waals surface area contributed by atoms with E-state index in [1.165, 1.54) is 6.07 Å². The zero-order valence-corrected chi connectivity index (χ0v) is 12.4. The topological polar surface area (TPSA) is 97.4 Å². The number of nitrogens with one attached hydrogen (secondary N) is 2. The molecule has 7 heteroatoms. The van der Waals surface area contributed by atoms with Gasteiger partial charge in [0, 0.05) is 5.69 Å². The van der Waals surface area contributed by atoms with Crippen LogP contribution in [-0.2, 0) is 0 Å². The highest BCUT2D eigenvalue weighted by molar-refractivity contribution is 6.04. The SMILES string of the molecule is O=C(Nc1ccccc1Nc1ccccc1)c1ccc([N+](=O)[O-])o1. The molecule has 0 unspecified atom stereocenters. The quantitative estimate of drug-likeness (QED) is 0.542. The summed E-state index contributed by atoms with van der Waals surface area (Å²) in [5.74, 6) is -1.17. The van der Waals surface area contributed by atoms with E-state index < -0.39 is 16.7 Å². The number of carbonyl (C=O) groups excluding carboxylic acids is 1. The van der Waals surface area contributed by atoms with Gasteiger partial charge in [0.15, 0.2) is 5.76 Å². The standard InChI is InChI=1S/C17H13N3O4/c21-17(15-10-11-16(24-15)20(22)23)19-14-9-5-4-8-13(14)18-12-6-2-1-3-7-12/h1-11,18H,(H,19,21). The summed E-state index contributed by atoms with van der Waals surface area (Å²) in [5, 5.41) is 16.5. The van der Waals surface area contributed by atoms with E-state index in [4.69, 9.17) is 4.42 Å². The van der Waals surface area contributed by atoms with E-state index in [1.54, 1.807) is 12.1 Å². The van der Waals surface area contributed by atoms with Gasteiger partial charge in [-0.3, -0.25) is 14.9 Å². The van der Waals surface area contributed by atoms with Gasteiger partial charge in [-0.1, -0.05) is 30.3 Å². The number of benzene rings is 2. The normalized spacial score (nSPS) is 10.2. The highest BCUT2D eigenvalue weighted by Gasteiger charge is 2.18. The first-order chi connectivity index (χ1) is 11.6. The van der Waals surface area contributed by atoms with E-state index in [9.17, 15) is 14.9 Å². The Morgan fingerprint density at radius 1 is 0.917 bits per heavy atom. The monoisotopic (exact) mass is 323 g/mol. The fraction of sp³-hybridized carbons (Fsp3) is 0. The molecule has 7 nitrogen and oxygen atoms in total. The van der Waals surface area contributed by atoms with Crippen LogP contribution in [0.2, 0.25) is 0 Å². The third-order valence-corrected chi connectivity index (χ3v) is 3.22. The smallest absolute Gasteiger partial charge is 0.395 e. The molecule has 120 valence electrons. The van der Waals surface area contributed by atoms with Crippen molar-refractivity contribution in [2.24, 2.45) is 0 Å². The molecule has 0 aliphatic heterocycles. The summed E-state index contributed by atoms with van der Waals surface area (Å²) < 4.78 is 4.91. The molecular weight excluding hydrogens is 310 g/mol. The van der Waals surface area contributed by atoms with Crippen molar-refractivity contribution >= 4 is 28.9 Å². The Kier molecular flexibility index (Phi) is 4.24. The van der Waals surface area contributed by atoms with E-state index in [-0.39, 0.29) is 5.76 Å². The highest BCUT2D eigenvalue weighted by Crippen LogP contribution is 2.26. The lowest BCUT2D eigenvalue weighted by Gasteiger charge is -2.12. The summed E-state index contributed by atoms with van der Waals surface area (Å²) in [7, 11) is 0. The first-order valence-electron chi connectivity index (χ1n) is 7.10. The van der Waals surface area contributed by atoms with Crippen molar-refractivity contribution in [1.82, 2.24) is 0 Å². The van der Waals surface area contributed by atoms with Crippen molar-refractivity contribution < 1.29 is 14.1 Å². The van der Waals surface area contributed by atoms with Gasteiger partial charge < -0.3 is 15.1 Å². The third-order valence-electron chi connectivity index (χ3n) is 3.22.